The predicted molar refractivity (Wildman–Crippen MR) is 129 cm³/mol. The van der Waals surface area contributed by atoms with Crippen LogP contribution in [0.1, 0.15) is 65.2 Å². The SMILES string of the molecule is C[C@]12CC[C@H](NC(=O)N3CCOCC3)C[C@H]1CC[C@H]1C3=CC[C@H](C4=CC(=O)OC4)[C@@]3(C)CC[C@@H]12. The number of hydrogen-bond donors (Lipinski definition) is 1. The molecule has 34 heavy (non-hydrogen) atoms. The second-order valence-corrected chi connectivity index (χ2v) is 12.2. The Labute approximate surface area is 203 Å². The Kier molecular flexibility index (Phi) is 5.58. The van der Waals surface area contributed by atoms with Crippen molar-refractivity contribution in [2.24, 2.45) is 34.5 Å². The number of urea groups is 1. The first-order valence-corrected chi connectivity index (χ1v) is 13.6. The molecule has 6 aliphatic rings. The maximum absolute atomic E-state index is 12.8. The van der Waals surface area contributed by atoms with Crippen molar-refractivity contribution in [1.29, 1.82) is 0 Å². The van der Waals surface area contributed by atoms with E-state index in [1.165, 1.54) is 37.7 Å². The molecule has 6 nitrogen and oxygen atoms in total. The molecular formula is C28H40N2O4. The van der Waals surface area contributed by atoms with E-state index in [-0.39, 0.29) is 17.4 Å². The molecule has 186 valence electrons. The topological polar surface area (TPSA) is 67.9 Å². The molecule has 0 bridgehead atoms. The summed E-state index contributed by atoms with van der Waals surface area (Å²) in [6.45, 7) is 8.23. The molecule has 4 fully saturated rings. The molecule has 2 heterocycles. The number of morpholine rings is 1. The van der Waals surface area contributed by atoms with Crippen LogP contribution in [0.3, 0.4) is 0 Å². The second-order valence-electron chi connectivity index (χ2n) is 12.2. The van der Waals surface area contributed by atoms with Crippen molar-refractivity contribution in [1.82, 2.24) is 10.2 Å². The summed E-state index contributed by atoms with van der Waals surface area (Å²) in [5.41, 5.74) is 3.47. The van der Waals surface area contributed by atoms with Gasteiger partial charge in [0.1, 0.15) is 6.61 Å². The first kappa shape index (κ1) is 22.6. The van der Waals surface area contributed by atoms with Crippen LogP contribution in [0.5, 0.6) is 0 Å². The number of carbonyl (C=O) groups is 2. The van der Waals surface area contributed by atoms with Gasteiger partial charge in [0.25, 0.3) is 0 Å². The van der Waals surface area contributed by atoms with Gasteiger partial charge in [0, 0.05) is 25.2 Å². The van der Waals surface area contributed by atoms with Crippen molar-refractivity contribution in [2.75, 3.05) is 32.9 Å². The van der Waals surface area contributed by atoms with Crippen LogP contribution in [0.2, 0.25) is 0 Å². The van der Waals surface area contributed by atoms with Gasteiger partial charge in [-0.2, -0.15) is 0 Å². The molecule has 2 amide bonds. The Morgan fingerprint density at radius 1 is 1.12 bits per heavy atom. The quantitative estimate of drug-likeness (QED) is 0.480. The minimum Gasteiger partial charge on any atom is -0.458 e. The van der Waals surface area contributed by atoms with Crippen molar-refractivity contribution in [3.8, 4) is 0 Å². The van der Waals surface area contributed by atoms with E-state index >= 15 is 0 Å². The number of esters is 1. The maximum Gasteiger partial charge on any atom is 0.331 e. The van der Waals surface area contributed by atoms with Crippen molar-refractivity contribution in [2.45, 2.75) is 71.3 Å². The molecule has 0 aromatic heterocycles. The zero-order chi connectivity index (χ0) is 23.5. The molecule has 0 spiro atoms. The van der Waals surface area contributed by atoms with Gasteiger partial charge < -0.3 is 19.7 Å². The average Bonchev–Trinajstić information content (AvgIpc) is 3.42. The van der Waals surface area contributed by atoms with E-state index in [0.29, 0.717) is 62.1 Å². The first-order valence-electron chi connectivity index (χ1n) is 13.6. The number of nitrogens with zero attached hydrogens (tertiary/aromatic N) is 1. The van der Waals surface area contributed by atoms with Gasteiger partial charge in [0.2, 0.25) is 0 Å². The summed E-state index contributed by atoms with van der Waals surface area (Å²) in [7, 11) is 0. The molecule has 7 atom stereocenters. The molecule has 2 aliphatic heterocycles. The fourth-order valence-corrected chi connectivity index (χ4v) is 8.90. The van der Waals surface area contributed by atoms with Gasteiger partial charge in [-0.15, -0.1) is 0 Å². The lowest BCUT2D eigenvalue weighted by molar-refractivity contribution is -0.135. The summed E-state index contributed by atoms with van der Waals surface area (Å²) in [4.78, 5) is 26.4. The van der Waals surface area contributed by atoms with E-state index in [1.54, 1.807) is 11.6 Å². The Morgan fingerprint density at radius 2 is 1.94 bits per heavy atom. The maximum atomic E-state index is 12.8. The van der Waals surface area contributed by atoms with E-state index in [4.69, 9.17) is 9.47 Å². The van der Waals surface area contributed by atoms with Crippen LogP contribution in [0.4, 0.5) is 4.79 Å². The zero-order valence-electron chi connectivity index (χ0n) is 20.8. The number of ether oxygens (including phenoxy) is 2. The lowest BCUT2D eigenvalue weighted by Crippen LogP contribution is -2.55. The van der Waals surface area contributed by atoms with E-state index in [1.807, 2.05) is 4.90 Å². The average molecular weight is 469 g/mol. The highest BCUT2D eigenvalue weighted by Gasteiger charge is 2.58. The van der Waals surface area contributed by atoms with Gasteiger partial charge in [-0.25, -0.2) is 9.59 Å². The predicted octanol–water partition coefficient (Wildman–Crippen LogP) is 4.46. The Bertz CT molecular complexity index is 921. The highest BCUT2D eigenvalue weighted by atomic mass is 16.5. The molecule has 4 aliphatic carbocycles. The highest BCUT2D eigenvalue weighted by molar-refractivity contribution is 5.85. The van der Waals surface area contributed by atoms with E-state index in [9.17, 15) is 9.59 Å². The number of fused-ring (bicyclic) bond motifs is 5. The standard InChI is InChI=1S/C28H40N2O4/c1-27-9-7-20(29-26(32)30-11-13-33-14-12-30)16-19(27)3-4-21-23-6-5-22(18-15-25(31)34-17-18)28(23,2)10-8-24(21)27/h6,15,19-22,24H,3-5,7-14,16-17H2,1-2H3,(H,29,32)/t19-,20+,21+,22-,24+,27+,28-/m1/s1. The van der Waals surface area contributed by atoms with Gasteiger partial charge in [0.05, 0.1) is 13.2 Å². The van der Waals surface area contributed by atoms with E-state index in [2.05, 4.69) is 25.2 Å². The number of nitrogens with one attached hydrogen (secondary N) is 1. The fraction of sp³-hybridized carbons (Fsp3) is 0.786. The van der Waals surface area contributed by atoms with Gasteiger partial charge in [-0.3, -0.25) is 0 Å². The summed E-state index contributed by atoms with van der Waals surface area (Å²) < 4.78 is 10.7. The normalized spacial score (nSPS) is 43.8. The molecule has 3 saturated carbocycles. The van der Waals surface area contributed by atoms with Crippen LogP contribution >= 0.6 is 0 Å². The number of rotatable bonds is 2. The van der Waals surface area contributed by atoms with Crippen LogP contribution in [0.25, 0.3) is 0 Å². The third kappa shape index (κ3) is 3.54. The zero-order valence-corrected chi connectivity index (χ0v) is 20.8. The largest absolute Gasteiger partial charge is 0.458 e. The third-order valence-electron chi connectivity index (χ3n) is 10.8. The monoisotopic (exact) mass is 468 g/mol. The van der Waals surface area contributed by atoms with Gasteiger partial charge in [-0.1, -0.05) is 25.5 Å². The summed E-state index contributed by atoms with van der Waals surface area (Å²) >= 11 is 0. The number of carbonyl (C=O) groups excluding carboxylic acids is 2. The lowest BCUT2D eigenvalue weighted by atomic mass is 9.45. The van der Waals surface area contributed by atoms with Crippen molar-refractivity contribution < 1.29 is 19.1 Å². The van der Waals surface area contributed by atoms with Gasteiger partial charge in [0.15, 0.2) is 0 Å². The van der Waals surface area contributed by atoms with Crippen molar-refractivity contribution in [3.63, 3.8) is 0 Å². The Morgan fingerprint density at radius 3 is 2.71 bits per heavy atom. The molecule has 6 rings (SSSR count). The lowest BCUT2D eigenvalue weighted by Gasteiger charge is -2.60. The van der Waals surface area contributed by atoms with Crippen molar-refractivity contribution >= 4 is 12.0 Å². The minimum atomic E-state index is -0.161. The molecule has 0 aromatic carbocycles. The summed E-state index contributed by atoms with van der Waals surface area (Å²) in [6.07, 6.45) is 13.9. The van der Waals surface area contributed by atoms with E-state index in [0.717, 1.165) is 25.2 Å². The third-order valence-corrected chi connectivity index (χ3v) is 10.8. The fourth-order valence-electron chi connectivity index (χ4n) is 8.90. The number of allylic oxidation sites excluding steroid dienone is 2. The van der Waals surface area contributed by atoms with Crippen LogP contribution < -0.4 is 5.32 Å². The molecule has 0 unspecified atom stereocenters. The second kappa shape index (κ2) is 8.39. The summed E-state index contributed by atoms with van der Waals surface area (Å²) in [5.74, 6) is 2.40. The minimum absolute atomic E-state index is 0.102. The summed E-state index contributed by atoms with van der Waals surface area (Å²) in [6, 6.07) is 0.408. The number of amides is 2. The summed E-state index contributed by atoms with van der Waals surface area (Å²) in [5, 5.41) is 3.37. The Hall–Kier alpha value is -1.82. The smallest absolute Gasteiger partial charge is 0.331 e. The first-order chi connectivity index (χ1) is 16.4. The van der Waals surface area contributed by atoms with Crippen LogP contribution in [0.15, 0.2) is 23.3 Å². The van der Waals surface area contributed by atoms with Crippen LogP contribution in [-0.4, -0.2) is 55.9 Å². The highest BCUT2D eigenvalue weighted by Crippen LogP contribution is 2.66. The molecule has 0 aromatic rings. The van der Waals surface area contributed by atoms with Gasteiger partial charge >= 0.3 is 12.0 Å². The molecule has 0 radical (unpaired) electrons. The van der Waals surface area contributed by atoms with E-state index < -0.39 is 0 Å². The Balaban J connectivity index is 1.14. The molecular weight excluding hydrogens is 428 g/mol. The number of hydrogen-bond acceptors (Lipinski definition) is 4. The number of cyclic esters (lactones) is 1. The van der Waals surface area contributed by atoms with Crippen molar-refractivity contribution in [3.05, 3.63) is 23.3 Å². The molecule has 6 heteroatoms. The molecule has 1 saturated heterocycles. The van der Waals surface area contributed by atoms with Gasteiger partial charge in [-0.05, 0) is 91.4 Å². The molecule has 1 N–H and O–H groups in total. The van der Waals surface area contributed by atoms with Crippen LogP contribution in [-0.2, 0) is 14.3 Å². The van der Waals surface area contributed by atoms with Crippen LogP contribution in [0, 0.1) is 34.5 Å².